The van der Waals surface area contributed by atoms with Gasteiger partial charge in [-0.1, -0.05) is 82.6 Å². The molecular formula is C19H26O2Si2. The van der Waals surface area contributed by atoms with E-state index in [4.69, 9.17) is 9.47 Å². The molecule has 0 N–H and O–H groups in total. The summed E-state index contributed by atoms with van der Waals surface area (Å²) in [6.07, 6.45) is 3.69. The number of hydrogen-bond acceptors (Lipinski definition) is 2. The van der Waals surface area contributed by atoms with Crippen LogP contribution in [0.1, 0.15) is 19.3 Å². The summed E-state index contributed by atoms with van der Waals surface area (Å²) in [5.74, 6) is 0. The lowest BCUT2D eigenvalue weighted by molar-refractivity contribution is -0.0478. The average molecular weight is 343 g/mol. The molecule has 0 aromatic heterocycles. The largest absolute Gasteiger partial charge is 0.350 e. The summed E-state index contributed by atoms with van der Waals surface area (Å²) in [7, 11) is -0.406. The van der Waals surface area contributed by atoms with Gasteiger partial charge in [0, 0.05) is 0 Å². The molecular weight excluding hydrogens is 316 g/mol. The van der Waals surface area contributed by atoms with Gasteiger partial charge in [-0.2, -0.15) is 0 Å². The Hall–Kier alpha value is -1.21. The van der Waals surface area contributed by atoms with Crippen molar-refractivity contribution in [3.63, 3.8) is 0 Å². The third kappa shape index (κ3) is 5.73. The van der Waals surface area contributed by atoms with Crippen molar-refractivity contribution < 1.29 is 9.47 Å². The molecule has 122 valence electrons. The van der Waals surface area contributed by atoms with Crippen LogP contribution in [0.2, 0.25) is 5.16 Å². The van der Waals surface area contributed by atoms with Gasteiger partial charge in [0.1, 0.15) is 0 Å². The number of ether oxygens (including phenoxy) is 2. The van der Waals surface area contributed by atoms with Gasteiger partial charge in [-0.15, -0.1) is 0 Å². The van der Waals surface area contributed by atoms with Gasteiger partial charge in [-0.05, 0) is 12.8 Å². The molecule has 1 aliphatic heterocycles. The first-order valence-corrected chi connectivity index (χ1v) is 11.8. The van der Waals surface area contributed by atoms with Crippen molar-refractivity contribution >= 4 is 29.4 Å². The van der Waals surface area contributed by atoms with Crippen LogP contribution >= 0.6 is 0 Å². The monoisotopic (exact) mass is 342 g/mol. The zero-order chi connectivity index (χ0) is 15.7. The van der Waals surface area contributed by atoms with E-state index in [1.54, 1.807) is 10.4 Å². The summed E-state index contributed by atoms with van der Waals surface area (Å²) in [5, 5.41) is 4.16. The normalized spacial score (nSPS) is 17.6. The van der Waals surface area contributed by atoms with Crippen LogP contribution in [-0.4, -0.2) is 38.5 Å². The van der Waals surface area contributed by atoms with E-state index < -0.39 is 0 Å². The highest BCUT2D eigenvalue weighted by Gasteiger charge is 2.17. The lowest BCUT2D eigenvalue weighted by atomic mass is 10.2. The molecule has 23 heavy (non-hydrogen) atoms. The van der Waals surface area contributed by atoms with Crippen LogP contribution in [0.15, 0.2) is 60.7 Å². The minimum absolute atomic E-state index is 0.0624. The second-order valence-corrected chi connectivity index (χ2v) is 12.3. The molecule has 2 aromatic carbocycles. The quantitative estimate of drug-likeness (QED) is 0.673. The molecule has 1 aliphatic rings. The Morgan fingerprint density at radius 3 is 1.87 bits per heavy atom. The summed E-state index contributed by atoms with van der Waals surface area (Å²) >= 11 is 0. The molecule has 4 heteroatoms. The van der Waals surface area contributed by atoms with E-state index in [1.165, 1.54) is 12.8 Å². The molecule has 2 aromatic rings. The molecule has 0 saturated carbocycles. The molecule has 0 bridgehead atoms. The Morgan fingerprint density at radius 1 is 0.826 bits per heavy atom. The first-order chi connectivity index (χ1) is 11.4. The molecule has 3 rings (SSSR count). The Morgan fingerprint density at radius 2 is 1.35 bits per heavy atom. The Kier molecular flexibility index (Phi) is 6.64. The summed E-state index contributed by atoms with van der Waals surface area (Å²) in [6, 6.07) is 22.3. The van der Waals surface area contributed by atoms with Gasteiger partial charge in [0.2, 0.25) is 0 Å². The summed E-state index contributed by atoms with van der Waals surface area (Å²) < 4.78 is 11.1. The first kappa shape index (κ1) is 16.6. The highest BCUT2D eigenvalue weighted by molar-refractivity contribution is 6.73. The van der Waals surface area contributed by atoms with Crippen molar-refractivity contribution in [3.05, 3.63) is 60.7 Å². The molecule has 1 heterocycles. The van der Waals surface area contributed by atoms with Crippen LogP contribution in [0.5, 0.6) is 0 Å². The molecule has 2 nitrogen and oxygen atoms in total. The fraction of sp³-hybridized carbons (Fsp3) is 0.368. The van der Waals surface area contributed by atoms with Crippen molar-refractivity contribution in [2.24, 2.45) is 0 Å². The molecule has 0 spiro atoms. The van der Waals surface area contributed by atoms with Crippen LogP contribution in [-0.2, 0) is 9.47 Å². The van der Waals surface area contributed by atoms with E-state index in [9.17, 15) is 0 Å². The Balaban J connectivity index is 1.55. The standard InChI is InChI=1S/C19H26O2Si2/c1-3-8-16(9-4-1)22-19(23-17-10-5-2-6-11-17)13-7-12-18-20-14-15-21-18/h1-6,8-11,18-19H,7,12-15,22-23H2. The van der Waals surface area contributed by atoms with Crippen molar-refractivity contribution in [2.75, 3.05) is 13.2 Å². The van der Waals surface area contributed by atoms with Gasteiger partial charge >= 0.3 is 0 Å². The molecule has 0 radical (unpaired) electrons. The van der Waals surface area contributed by atoms with E-state index in [-0.39, 0.29) is 25.3 Å². The third-order valence-electron chi connectivity index (χ3n) is 4.48. The second kappa shape index (κ2) is 9.18. The fourth-order valence-corrected chi connectivity index (χ4v) is 9.30. The van der Waals surface area contributed by atoms with Crippen molar-refractivity contribution in [3.8, 4) is 0 Å². The topological polar surface area (TPSA) is 18.5 Å². The molecule has 0 amide bonds. The van der Waals surface area contributed by atoms with Crippen molar-refractivity contribution in [1.29, 1.82) is 0 Å². The highest BCUT2D eigenvalue weighted by atomic mass is 28.3. The van der Waals surface area contributed by atoms with Crippen LogP contribution in [0, 0.1) is 0 Å². The van der Waals surface area contributed by atoms with Crippen LogP contribution in [0.4, 0.5) is 0 Å². The Bertz CT molecular complexity index is 515. The van der Waals surface area contributed by atoms with Gasteiger partial charge in [0.25, 0.3) is 0 Å². The predicted molar refractivity (Wildman–Crippen MR) is 103 cm³/mol. The van der Waals surface area contributed by atoms with E-state index in [1.807, 2.05) is 0 Å². The lowest BCUT2D eigenvalue weighted by Gasteiger charge is -2.17. The molecule has 0 unspecified atom stereocenters. The summed E-state index contributed by atoms with van der Waals surface area (Å²) in [4.78, 5) is 0. The number of benzene rings is 2. The van der Waals surface area contributed by atoms with E-state index in [0.717, 1.165) is 24.8 Å². The smallest absolute Gasteiger partial charge is 0.157 e. The van der Waals surface area contributed by atoms with Gasteiger partial charge < -0.3 is 9.47 Å². The maximum atomic E-state index is 5.57. The van der Waals surface area contributed by atoms with Crippen molar-refractivity contribution in [1.82, 2.24) is 0 Å². The fourth-order valence-electron chi connectivity index (χ4n) is 3.32. The maximum absolute atomic E-state index is 5.57. The van der Waals surface area contributed by atoms with E-state index in [0.29, 0.717) is 0 Å². The zero-order valence-electron chi connectivity index (χ0n) is 13.7. The number of hydrogen-bond donors (Lipinski definition) is 0. The van der Waals surface area contributed by atoms with Gasteiger partial charge in [0.15, 0.2) is 6.29 Å². The van der Waals surface area contributed by atoms with Gasteiger partial charge in [-0.25, -0.2) is 0 Å². The van der Waals surface area contributed by atoms with Crippen LogP contribution in [0.25, 0.3) is 0 Å². The average Bonchev–Trinajstić information content (AvgIpc) is 3.10. The van der Waals surface area contributed by atoms with Gasteiger partial charge in [-0.3, -0.25) is 0 Å². The van der Waals surface area contributed by atoms with Crippen LogP contribution < -0.4 is 10.4 Å². The first-order valence-electron chi connectivity index (χ1n) is 8.71. The molecule has 1 fully saturated rings. The third-order valence-corrected chi connectivity index (χ3v) is 10.1. The zero-order valence-corrected chi connectivity index (χ0v) is 16.5. The minimum atomic E-state index is -0.203. The molecule has 1 saturated heterocycles. The summed E-state index contributed by atoms with van der Waals surface area (Å²) in [5.41, 5.74) is 0. The predicted octanol–water partition coefficient (Wildman–Crippen LogP) is 1.26. The number of rotatable bonds is 8. The van der Waals surface area contributed by atoms with Crippen molar-refractivity contribution in [2.45, 2.75) is 30.7 Å². The summed E-state index contributed by atoms with van der Waals surface area (Å²) in [6.45, 7) is 1.54. The maximum Gasteiger partial charge on any atom is 0.157 e. The minimum Gasteiger partial charge on any atom is -0.350 e. The SMILES string of the molecule is c1ccc([SiH2]C(CCCC2OCCO2)[SiH2]c2ccccc2)cc1. The lowest BCUT2D eigenvalue weighted by Crippen LogP contribution is -2.29. The Labute approximate surface area is 143 Å². The second-order valence-electron chi connectivity index (χ2n) is 6.35. The molecule has 0 aliphatic carbocycles. The molecule has 0 atom stereocenters. The van der Waals surface area contributed by atoms with Crippen LogP contribution in [0.3, 0.4) is 0 Å². The van der Waals surface area contributed by atoms with E-state index >= 15 is 0 Å². The van der Waals surface area contributed by atoms with E-state index in [2.05, 4.69) is 60.7 Å². The highest BCUT2D eigenvalue weighted by Crippen LogP contribution is 2.17. The van der Waals surface area contributed by atoms with Gasteiger partial charge in [0.05, 0.1) is 32.3 Å².